The maximum atomic E-state index is 13.0. The highest BCUT2D eigenvalue weighted by atomic mass is 35.5. The van der Waals surface area contributed by atoms with E-state index in [1.807, 2.05) is 0 Å². The lowest BCUT2D eigenvalue weighted by Gasteiger charge is -2.35. The van der Waals surface area contributed by atoms with Crippen LogP contribution in [0.2, 0.25) is 10.0 Å². The first kappa shape index (κ1) is 22.4. The number of carbonyl (C=O) groups is 4. The molecule has 10 heteroatoms. The zero-order chi connectivity index (χ0) is 22.1. The fraction of sp³-hybridized carbons (Fsp3) is 0.500. The Kier molecular flexibility index (Phi) is 6.57. The van der Waals surface area contributed by atoms with Crippen LogP contribution in [0.4, 0.5) is 10.5 Å². The van der Waals surface area contributed by atoms with Gasteiger partial charge >= 0.3 is 6.03 Å². The van der Waals surface area contributed by atoms with Crippen LogP contribution in [0, 0.1) is 0 Å². The van der Waals surface area contributed by atoms with Gasteiger partial charge in [0.25, 0.3) is 5.91 Å². The number of hydrogen-bond donors (Lipinski definition) is 1. The first-order valence-corrected chi connectivity index (χ1v) is 10.5. The van der Waals surface area contributed by atoms with Crippen molar-refractivity contribution in [2.75, 3.05) is 32.5 Å². The molecule has 1 aromatic carbocycles. The van der Waals surface area contributed by atoms with Crippen molar-refractivity contribution in [1.29, 1.82) is 0 Å². The summed E-state index contributed by atoms with van der Waals surface area (Å²) in [5.74, 6) is -1.26. The molecule has 1 heterocycles. The molecule has 1 aliphatic heterocycles. The summed E-state index contributed by atoms with van der Waals surface area (Å²) < 4.78 is 0. The number of nitrogens with zero attached hydrogens (tertiary/aromatic N) is 3. The molecule has 2 fully saturated rings. The first-order valence-electron chi connectivity index (χ1n) is 9.74. The Balaban J connectivity index is 1.59. The molecule has 0 aromatic heterocycles. The minimum Gasteiger partial charge on any atom is -0.335 e. The number of nitrogens with one attached hydrogen (secondary N) is 1. The predicted octanol–water partition coefficient (Wildman–Crippen LogP) is 2.99. The number of likely N-dealkylation sites (N-methyl/N-ethyl adjacent to an activating group) is 2. The van der Waals surface area contributed by atoms with E-state index >= 15 is 0 Å². The molecule has 1 saturated carbocycles. The van der Waals surface area contributed by atoms with Gasteiger partial charge in [-0.2, -0.15) is 0 Å². The van der Waals surface area contributed by atoms with Crippen LogP contribution in [0.5, 0.6) is 0 Å². The van der Waals surface area contributed by atoms with Crippen molar-refractivity contribution in [1.82, 2.24) is 14.7 Å². The van der Waals surface area contributed by atoms with E-state index < -0.39 is 23.4 Å². The normalized spacial score (nSPS) is 18.1. The Morgan fingerprint density at radius 3 is 2.43 bits per heavy atom. The molecule has 8 nitrogen and oxygen atoms in total. The van der Waals surface area contributed by atoms with E-state index in [1.54, 1.807) is 19.2 Å². The fourth-order valence-electron chi connectivity index (χ4n) is 4.01. The second-order valence-corrected chi connectivity index (χ2v) is 8.57. The highest BCUT2D eigenvalue weighted by molar-refractivity contribution is 6.42. The third kappa shape index (κ3) is 4.25. The molecule has 1 aromatic rings. The number of urea groups is 1. The monoisotopic (exact) mass is 454 g/mol. The molecule has 0 atom stereocenters. The summed E-state index contributed by atoms with van der Waals surface area (Å²) in [6, 6.07) is 4.18. The highest BCUT2D eigenvalue weighted by Gasteiger charge is 2.55. The molecule has 2 aliphatic rings. The van der Waals surface area contributed by atoms with Crippen molar-refractivity contribution >= 4 is 52.6 Å². The number of amides is 5. The average Bonchev–Trinajstić information content (AvgIpc) is 2.87. The van der Waals surface area contributed by atoms with Crippen LogP contribution in [-0.2, 0) is 14.4 Å². The zero-order valence-corrected chi connectivity index (χ0v) is 18.4. The van der Waals surface area contributed by atoms with Crippen molar-refractivity contribution in [2.45, 2.75) is 37.6 Å². The van der Waals surface area contributed by atoms with E-state index in [0.29, 0.717) is 28.6 Å². The predicted molar refractivity (Wildman–Crippen MR) is 113 cm³/mol. The zero-order valence-electron chi connectivity index (χ0n) is 16.9. The van der Waals surface area contributed by atoms with Gasteiger partial charge in [0.2, 0.25) is 11.8 Å². The van der Waals surface area contributed by atoms with Gasteiger partial charge in [-0.05, 0) is 31.0 Å². The third-order valence-electron chi connectivity index (χ3n) is 5.79. The second-order valence-electron chi connectivity index (χ2n) is 7.75. The van der Waals surface area contributed by atoms with Crippen LogP contribution in [0.15, 0.2) is 18.2 Å². The molecule has 1 saturated heterocycles. The quantitative estimate of drug-likeness (QED) is 0.692. The average molecular weight is 455 g/mol. The van der Waals surface area contributed by atoms with Gasteiger partial charge in [0.1, 0.15) is 12.1 Å². The Morgan fingerprint density at radius 1 is 1.13 bits per heavy atom. The van der Waals surface area contributed by atoms with Gasteiger partial charge in [-0.1, -0.05) is 42.5 Å². The number of halogens is 2. The minimum atomic E-state index is -0.834. The van der Waals surface area contributed by atoms with Crippen molar-refractivity contribution in [2.24, 2.45) is 0 Å². The van der Waals surface area contributed by atoms with Gasteiger partial charge in [0.05, 0.1) is 16.6 Å². The number of rotatable bonds is 5. The van der Waals surface area contributed by atoms with Crippen LogP contribution < -0.4 is 5.32 Å². The Morgan fingerprint density at radius 2 is 1.80 bits per heavy atom. The topological polar surface area (TPSA) is 90.0 Å². The largest absolute Gasteiger partial charge is 0.335 e. The lowest BCUT2D eigenvalue weighted by Crippen LogP contribution is -2.49. The van der Waals surface area contributed by atoms with Gasteiger partial charge in [0.15, 0.2) is 0 Å². The standard InChI is InChI=1S/C20H24Cl2N4O4/c1-24(11-16(27)23-13-6-7-14(21)15(22)10-13)17(28)12-26-18(29)20(25(2)19(26)30)8-4-3-5-9-20/h6-7,10H,3-5,8-9,11-12H2,1-2H3,(H,23,27). The van der Waals surface area contributed by atoms with Crippen molar-refractivity contribution < 1.29 is 19.2 Å². The van der Waals surface area contributed by atoms with E-state index in [2.05, 4.69) is 5.32 Å². The Labute approximate surface area is 185 Å². The summed E-state index contributed by atoms with van der Waals surface area (Å²) in [5, 5.41) is 3.29. The number of benzene rings is 1. The molecule has 1 spiro atoms. The summed E-state index contributed by atoms with van der Waals surface area (Å²) in [6.07, 6.45) is 4.01. The molecule has 0 unspecified atom stereocenters. The number of carbonyl (C=O) groups excluding carboxylic acids is 4. The summed E-state index contributed by atoms with van der Waals surface area (Å²) in [6.45, 7) is -0.628. The molecule has 5 amide bonds. The van der Waals surface area contributed by atoms with Gasteiger partial charge in [-0.25, -0.2) is 4.79 Å². The fourth-order valence-corrected chi connectivity index (χ4v) is 4.30. The summed E-state index contributed by atoms with van der Waals surface area (Å²) in [7, 11) is 3.06. The van der Waals surface area contributed by atoms with Crippen molar-refractivity contribution in [3.05, 3.63) is 28.2 Å². The van der Waals surface area contributed by atoms with E-state index in [0.717, 1.165) is 24.2 Å². The lowest BCUT2D eigenvalue weighted by atomic mass is 9.81. The molecular weight excluding hydrogens is 431 g/mol. The van der Waals surface area contributed by atoms with Gasteiger partial charge < -0.3 is 15.1 Å². The second kappa shape index (κ2) is 8.81. The maximum Gasteiger partial charge on any atom is 0.327 e. The first-order chi connectivity index (χ1) is 14.2. The van der Waals surface area contributed by atoms with Crippen LogP contribution in [-0.4, -0.2) is 71.2 Å². The van der Waals surface area contributed by atoms with Crippen LogP contribution in [0.1, 0.15) is 32.1 Å². The molecule has 1 N–H and O–H groups in total. The highest BCUT2D eigenvalue weighted by Crippen LogP contribution is 2.39. The van der Waals surface area contributed by atoms with Gasteiger partial charge in [-0.3, -0.25) is 19.3 Å². The van der Waals surface area contributed by atoms with E-state index in [4.69, 9.17) is 23.2 Å². The number of anilines is 1. The maximum absolute atomic E-state index is 13.0. The van der Waals surface area contributed by atoms with Crippen LogP contribution in [0.3, 0.4) is 0 Å². The molecule has 0 radical (unpaired) electrons. The SMILES string of the molecule is CN(CC(=O)Nc1ccc(Cl)c(Cl)c1)C(=O)CN1C(=O)N(C)C2(CCCCC2)C1=O. The molecular formula is C20H24Cl2N4O4. The van der Waals surface area contributed by atoms with E-state index in [9.17, 15) is 19.2 Å². The molecule has 30 heavy (non-hydrogen) atoms. The van der Waals surface area contributed by atoms with Crippen molar-refractivity contribution in [3.63, 3.8) is 0 Å². The van der Waals surface area contributed by atoms with Gasteiger partial charge in [0, 0.05) is 19.8 Å². The summed E-state index contributed by atoms with van der Waals surface area (Å²) in [4.78, 5) is 54.1. The number of imide groups is 1. The molecule has 162 valence electrons. The van der Waals surface area contributed by atoms with Crippen LogP contribution in [0.25, 0.3) is 0 Å². The third-order valence-corrected chi connectivity index (χ3v) is 6.53. The van der Waals surface area contributed by atoms with E-state index in [1.165, 1.54) is 22.9 Å². The molecule has 1 aliphatic carbocycles. The van der Waals surface area contributed by atoms with Gasteiger partial charge in [-0.15, -0.1) is 0 Å². The molecule has 3 rings (SSSR count). The molecule has 0 bridgehead atoms. The smallest absolute Gasteiger partial charge is 0.327 e. The van der Waals surface area contributed by atoms with Crippen molar-refractivity contribution in [3.8, 4) is 0 Å². The van der Waals surface area contributed by atoms with Crippen LogP contribution >= 0.6 is 23.2 Å². The lowest BCUT2D eigenvalue weighted by molar-refractivity contribution is -0.140. The Hall–Kier alpha value is -2.32. The summed E-state index contributed by atoms with van der Waals surface area (Å²) in [5.41, 5.74) is -0.389. The number of hydrogen-bond acceptors (Lipinski definition) is 4. The minimum absolute atomic E-state index is 0.240. The summed E-state index contributed by atoms with van der Waals surface area (Å²) >= 11 is 11.8. The van der Waals surface area contributed by atoms with E-state index in [-0.39, 0.29) is 19.0 Å². The Bertz CT molecular complexity index is 886.